The van der Waals surface area contributed by atoms with Crippen molar-refractivity contribution in [3.8, 4) is 0 Å². The average molecular weight is 191 g/mol. The van der Waals surface area contributed by atoms with Gasteiger partial charge in [0.1, 0.15) is 6.61 Å². The molecular formula is C11H13NO2. The largest absolute Gasteiger partial charge is 0.444 e. The van der Waals surface area contributed by atoms with Crippen molar-refractivity contribution >= 4 is 11.8 Å². The molecule has 3 nitrogen and oxygen atoms in total. The van der Waals surface area contributed by atoms with E-state index in [2.05, 4.69) is 25.2 Å². The summed E-state index contributed by atoms with van der Waals surface area (Å²) in [5, 5.41) is 2.69. The van der Waals surface area contributed by atoms with Gasteiger partial charge in [-0.3, -0.25) is 5.32 Å². The molecule has 0 unspecified atom stereocenters. The fraction of sp³-hybridized carbons (Fsp3) is 0.364. The summed E-state index contributed by atoms with van der Waals surface area (Å²) in [5.74, 6) is 0.472. The van der Waals surface area contributed by atoms with Crippen LogP contribution in [0.15, 0.2) is 18.2 Å². The van der Waals surface area contributed by atoms with Crippen LogP contribution in [-0.4, -0.2) is 6.09 Å². The second-order valence-electron chi connectivity index (χ2n) is 3.77. The maximum absolute atomic E-state index is 11.0. The van der Waals surface area contributed by atoms with Gasteiger partial charge in [-0.1, -0.05) is 26.0 Å². The van der Waals surface area contributed by atoms with Gasteiger partial charge in [-0.2, -0.15) is 0 Å². The molecule has 0 atom stereocenters. The summed E-state index contributed by atoms with van der Waals surface area (Å²) < 4.78 is 4.85. The van der Waals surface area contributed by atoms with Crippen LogP contribution in [0.2, 0.25) is 0 Å². The molecule has 0 bridgehead atoms. The van der Waals surface area contributed by atoms with Crippen LogP contribution >= 0.6 is 0 Å². The van der Waals surface area contributed by atoms with Gasteiger partial charge in [0.15, 0.2) is 0 Å². The van der Waals surface area contributed by atoms with Gasteiger partial charge in [0.05, 0.1) is 5.69 Å². The summed E-state index contributed by atoms with van der Waals surface area (Å²) in [7, 11) is 0. The zero-order chi connectivity index (χ0) is 10.1. The third-order valence-electron chi connectivity index (χ3n) is 2.40. The van der Waals surface area contributed by atoms with Crippen molar-refractivity contribution in [2.24, 2.45) is 0 Å². The Kier molecular flexibility index (Phi) is 2.15. The lowest BCUT2D eigenvalue weighted by Crippen LogP contribution is -2.20. The second kappa shape index (κ2) is 3.33. The van der Waals surface area contributed by atoms with E-state index in [0.717, 1.165) is 11.3 Å². The highest BCUT2D eigenvalue weighted by atomic mass is 16.5. The van der Waals surface area contributed by atoms with Crippen molar-refractivity contribution in [1.82, 2.24) is 0 Å². The fourth-order valence-electron chi connectivity index (χ4n) is 1.48. The first kappa shape index (κ1) is 9.06. The molecule has 1 aliphatic heterocycles. The number of carbonyl (C=O) groups excluding carboxylic acids is 1. The smallest absolute Gasteiger partial charge is 0.411 e. The third-order valence-corrected chi connectivity index (χ3v) is 2.40. The van der Waals surface area contributed by atoms with Crippen molar-refractivity contribution in [3.63, 3.8) is 0 Å². The van der Waals surface area contributed by atoms with Gasteiger partial charge in [0.25, 0.3) is 0 Å². The van der Waals surface area contributed by atoms with Crippen LogP contribution in [0, 0.1) is 0 Å². The molecule has 0 radical (unpaired) electrons. The summed E-state index contributed by atoms with van der Waals surface area (Å²) in [5.41, 5.74) is 3.15. The Morgan fingerprint density at radius 1 is 1.43 bits per heavy atom. The van der Waals surface area contributed by atoms with Gasteiger partial charge in [-0.25, -0.2) is 4.79 Å². The van der Waals surface area contributed by atoms with Crippen molar-refractivity contribution in [2.75, 3.05) is 5.32 Å². The van der Waals surface area contributed by atoms with Crippen molar-refractivity contribution < 1.29 is 9.53 Å². The van der Waals surface area contributed by atoms with E-state index in [-0.39, 0.29) is 6.09 Å². The van der Waals surface area contributed by atoms with Gasteiger partial charge >= 0.3 is 6.09 Å². The van der Waals surface area contributed by atoms with Gasteiger partial charge in [-0.15, -0.1) is 0 Å². The number of cyclic esters (lactones) is 1. The first-order chi connectivity index (χ1) is 6.66. The molecule has 0 saturated carbocycles. The highest BCUT2D eigenvalue weighted by molar-refractivity contribution is 5.87. The van der Waals surface area contributed by atoms with E-state index in [1.807, 2.05) is 12.1 Å². The normalized spacial score (nSPS) is 14.6. The van der Waals surface area contributed by atoms with E-state index in [0.29, 0.717) is 12.5 Å². The lowest BCUT2D eigenvalue weighted by molar-refractivity contribution is 0.151. The van der Waals surface area contributed by atoms with E-state index in [4.69, 9.17) is 4.74 Å². The summed E-state index contributed by atoms with van der Waals surface area (Å²) in [6.07, 6.45) is -0.363. The minimum Gasteiger partial charge on any atom is -0.444 e. The minimum absolute atomic E-state index is 0.363. The number of nitrogens with one attached hydrogen (secondary N) is 1. The Balaban J connectivity index is 2.37. The zero-order valence-corrected chi connectivity index (χ0v) is 8.33. The quantitative estimate of drug-likeness (QED) is 0.741. The predicted octanol–water partition coefficient (Wildman–Crippen LogP) is 2.87. The molecule has 0 aliphatic carbocycles. The minimum atomic E-state index is -0.363. The van der Waals surface area contributed by atoms with Crippen LogP contribution in [0.25, 0.3) is 0 Å². The Labute approximate surface area is 83.1 Å². The van der Waals surface area contributed by atoms with Crippen LogP contribution in [0.4, 0.5) is 10.5 Å². The lowest BCUT2D eigenvalue weighted by Gasteiger charge is -2.18. The van der Waals surface area contributed by atoms with E-state index in [1.165, 1.54) is 5.56 Å². The first-order valence-corrected chi connectivity index (χ1v) is 4.73. The molecule has 0 saturated heterocycles. The molecule has 0 spiro atoms. The zero-order valence-electron chi connectivity index (χ0n) is 8.33. The molecule has 1 amide bonds. The van der Waals surface area contributed by atoms with Gasteiger partial charge in [0.2, 0.25) is 0 Å². The number of fused-ring (bicyclic) bond motifs is 1. The first-order valence-electron chi connectivity index (χ1n) is 4.73. The van der Waals surface area contributed by atoms with Crippen LogP contribution in [0.3, 0.4) is 0 Å². The Morgan fingerprint density at radius 2 is 2.21 bits per heavy atom. The van der Waals surface area contributed by atoms with E-state index >= 15 is 0 Å². The highest BCUT2D eigenvalue weighted by Gasteiger charge is 2.15. The third kappa shape index (κ3) is 1.58. The molecule has 1 aromatic rings. The number of ether oxygens (including phenoxy) is 1. The number of hydrogen-bond donors (Lipinski definition) is 1. The van der Waals surface area contributed by atoms with Crippen LogP contribution in [0.5, 0.6) is 0 Å². The molecule has 1 aromatic carbocycles. The number of benzene rings is 1. The van der Waals surface area contributed by atoms with Crippen molar-refractivity contribution in [3.05, 3.63) is 29.3 Å². The number of hydrogen-bond acceptors (Lipinski definition) is 2. The van der Waals surface area contributed by atoms with E-state index in [1.54, 1.807) is 0 Å². The summed E-state index contributed by atoms with van der Waals surface area (Å²) in [4.78, 5) is 11.0. The monoisotopic (exact) mass is 191 g/mol. The molecule has 74 valence electrons. The fourth-order valence-corrected chi connectivity index (χ4v) is 1.48. The van der Waals surface area contributed by atoms with Gasteiger partial charge < -0.3 is 4.74 Å². The predicted molar refractivity (Wildman–Crippen MR) is 54.3 cm³/mol. The number of rotatable bonds is 1. The maximum Gasteiger partial charge on any atom is 0.411 e. The summed E-state index contributed by atoms with van der Waals surface area (Å²) in [6.45, 7) is 4.63. The standard InChI is InChI=1S/C11H13NO2/c1-7(2)8-3-4-9-6-14-11(13)12-10(9)5-8/h3-5,7H,6H2,1-2H3,(H,12,13). The summed E-state index contributed by atoms with van der Waals surface area (Å²) >= 11 is 0. The van der Waals surface area contributed by atoms with Crippen molar-refractivity contribution in [1.29, 1.82) is 0 Å². The van der Waals surface area contributed by atoms with Crippen molar-refractivity contribution in [2.45, 2.75) is 26.4 Å². The molecule has 0 aromatic heterocycles. The van der Waals surface area contributed by atoms with E-state index < -0.39 is 0 Å². The Morgan fingerprint density at radius 3 is 2.93 bits per heavy atom. The SMILES string of the molecule is CC(C)c1ccc2c(c1)NC(=O)OC2. The molecule has 1 N–H and O–H groups in total. The van der Waals surface area contributed by atoms with Gasteiger partial charge in [-0.05, 0) is 17.5 Å². The number of amides is 1. The highest BCUT2D eigenvalue weighted by Crippen LogP contribution is 2.26. The Hall–Kier alpha value is -1.51. The molecule has 14 heavy (non-hydrogen) atoms. The van der Waals surface area contributed by atoms with Crippen LogP contribution < -0.4 is 5.32 Å². The number of anilines is 1. The van der Waals surface area contributed by atoms with E-state index in [9.17, 15) is 4.79 Å². The maximum atomic E-state index is 11.0. The molecular weight excluding hydrogens is 178 g/mol. The summed E-state index contributed by atoms with van der Waals surface area (Å²) in [6, 6.07) is 6.09. The molecule has 1 heterocycles. The van der Waals surface area contributed by atoms with Gasteiger partial charge in [0, 0.05) is 5.56 Å². The van der Waals surface area contributed by atoms with Crippen LogP contribution in [-0.2, 0) is 11.3 Å². The lowest BCUT2D eigenvalue weighted by atomic mass is 10.00. The molecule has 1 aliphatic rings. The molecule has 0 fully saturated rings. The Bertz CT molecular complexity index is 372. The number of carbonyl (C=O) groups is 1. The second-order valence-corrected chi connectivity index (χ2v) is 3.77. The topological polar surface area (TPSA) is 38.3 Å². The average Bonchev–Trinajstić information content (AvgIpc) is 2.16. The molecule has 3 heteroatoms. The van der Waals surface area contributed by atoms with Crippen LogP contribution in [0.1, 0.15) is 30.9 Å². The molecule has 2 rings (SSSR count).